The number of hydrogen-bond acceptors (Lipinski definition) is 4. The number of nitrogens with zero attached hydrogens (tertiary/aromatic N) is 2. The van der Waals surface area contributed by atoms with Gasteiger partial charge < -0.3 is 4.74 Å². The molecule has 0 saturated carbocycles. The molecule has 6 nitrogen and oxygen atoms in total. The summed E-state index contributed by atoms with van der Waals surface area (Å²) in [5.41, 5.74) is 4.66. The van der Waals surface area contributed by atoms with Crippen molar-refractivity contribution in [1.82, 2.24) is 14.5 Å². The molecule has 0 fully saturated rings. The molecule has 1 aliphatic rings. The highest BCUT2D eigenvalue weighted by molar-refractivity contribution is 7.90. The van der Waals surface area contributed by atoms with Crippen molar-refractivity contribution in [2.24, 2.45) is 0 Å². The Morgan fingerprint density at radius 1 is 1.13 bits per heavy atom. The summed E-state index contributed by atoms with van der Waals surface area (Å²) in [5, 5.41) is 5.04. The van der Waals surface area contributed by atoms with Crippen molar-refractivity contribution in [2.75, 3.05) is 7.11 Å². The van der Waals surface area contributed by atoms with Gasteiger partial charge in [0, 0.05) is 28.6 Å². The van der Waals surface area contributed by atoms with Gasteiger partial charge in [-0.25, -0.2) is 17.8 Å². The molecule has 0 saturated heterocycles. The van der Waals surface area contributed by atoms with Crippen LogP contribution in [0.15, 0.2) is 48.5 Å². The number of halogens is 1. The predicted octanol–water partition coefficient (Wildman–Crippen LogP) is 4.00. The zero-order valence-electron chi connectivity index (χ0n) is 17.1. The third kappa shape index (κ3) is 3.85. The van der Waals surface area contributed by atoms with E-state index in [1.54, 1.807) is 21.0 Å². The van der Waals surface area contributed by atoms with Gasteiger partial charge in [0.25, 0.3) is 0 Å². The first-order chi connectivity index (χ1) is 14.3. The predicted molar refractivity (Wildman–Crippen MR) is 119 cm³/mol. The zero-order chi connectivity index (χ0) is 21.5. The number of methoxy groups -OCH3 is 1. The van der Waals surface area contributed by atoms with Crippen LogP contribution in [0.4, 0.5) is 0 Å². The molecule has 0 amide bonds. The van der Waals surface area contributed by atoms with Crippen LogP contribution < -0.4 is 9.46 Å². The lowest BCUT2D eigenvalue weighted by Crippen LogP contribution is -2.39. The average Bonchev–Trinajstić information content (AvgIpc) is 3.25. The number of para-hydroxylation sites is 2. The van der Waals surface area contributed by atoms with E-state index in [4.69, 9.17) is 21.4 Å². The van der Waals surface area contributed by atoms with Gasteiger partial charge in [-0.05, 0) is 44.5 Å². The minimum atomic E-state index is -3.36. The van der Waals surface area contributed by atoms with Gasteiger partial charge in [0.05, 0.1) is 23.7 Å². The Bertz CT molecular complexity index is 1170. The second-order valence-electron chi connectivity index (χ2n) is 7.68. The van der Waals surface area contributed by atoms with E-state index in [0.29, 0.717) is 23.6 Å². The number of hydrogen-bond donors (Lipinski definition) is 1. The lowest BCUT2D eigenvalue weighted by molar-refractivity contribution is 0.411. The molecule has 1 unspecified atom stereocenters. The zero-order valence-corrected chi connectivity index (χ0v) is 18.7. The summed E-state index contributed by atoms with van der Waals surface area (Å²) < 4.78 is 35.0. The first-order valence-corrected chi connectivity index (χ1v) is 11.7. The average molecular weight is 446 g/mol. The Balaban J connectivity index is 1.80. The van der Waals surface area contributed by atoms with Crippen molar-refractivity contribution in [3.63, 3.8) is 0 Å². The summed E-state index contributed by atoms with van der Waals surface area (Å²) in [5.74, 6) is 0.714. The highest BCUT2D eigenvalue weighted by atomic mass is 35.5. The molecule has 8 heteroatoms. The van der Waals surface area contributed by atoms with Crippen molar-refractivity contribution >= 4 is 21.6 Å². The normalized spacial score (nSPS) is 16.1. The molecule has 158 valence electrons. The SMILES string of the molecule is COc1ccccc1-n1nc2c(c1-c1ccc(Cl)cc1)CC(NS(=O)(=O)C(C)C)C2. The van der Waals surface area contributed by atoms with Crippen molar-refractivity contribution in [1.29, 1.82) is 0 Å². The topological polar surface area (TPSA) is 73.2 Å². The van der Waals surface area contributed by atoms with Crippen LogP contribution in [0.3, 0.4) is 0 Å². The first kappa shape index (κ1) is 20.9. The van der Waals surface area contributed by atoms with Gasteiger partial charge >= 0.3 is 0 Å². The number of aromatic nitrogens is 2. The van der Waals surface area contributed by atoms with E-state index in [9.17, 15) is 8.42 Å². The number of benzene rings is 2. The number of sulfonamides is 1. The van der Waals surface area contributed by atoms with Crippen LogP contribution in [0.1, 0.15) is 25.1 Å². The maximum atomic E-state index is 12.4. The number of rotatable bonds is 6. The summed E-state index contributed by atoms with van der Waals surface area (Å²) in [4.78, 5) is 0. The van der Waals surface area contributed by atoms with Crippen LogP contribution in [0.2, 0.25) is 5.02 Å². The largest absolute Gasteiger partial charge is 0.494 e. The van der Waals surface area contributed by atoms with Crippen molar-refractivity contribution in [2.45, 2.75) is 38.0 Å². The Labute approximate surface area is 181 Å². The number of nitrogens with one attached hydrogen (secondary N) is 1. The molecule has 1 N–H and O–H groups in total. The molecule has 4 rings (SSSR count). The fourth-order valence-electron chi connectivity index (χ4n) is 3.76. The lowest BCUT2D eigenvalue weighted by atomic mass is 10.1. The molecular weight excluding hydrogens is 422 g/mol. The molecule has 2 aromatic carbocycles. The molecule has 1 aliphatic carbocycles. The number of fused-ring (bicyclic) bond motifs is 1. The van der Waals surface area contributed by atoms with Crippen LogP contribution in [0.5, 0.6) is 5.75 Å². The summed E-state index contributed by atoms with van der Waals surface area (Å²) in [6.07, 6.45) is 1.12. The van der Waals surface area contributed by atoms with Crippen LogP contribution >= 0.6 is 11.6 Å². The fraction of sp³-hybridized carbons (Fsp3) is 0.318. The third-order valence-electron chi connectivity index (χ3n) is 5.34. The van der Waals surface area contributed by atoms with Gasteiger partial charge in [0.15, 0.2) is 0 Å². The minimum absolute atomic E-state index is 0.201. The molecule has 0 radical (unpaired) electrons. The quantitative estimate of drug-likeness (QED) is 0.622. The maximum Gasteiger partial charge on any atom is 0.214 e. The Kier molecular flexibility index (Phi) is 5.61. The van der Waals surface area contributed by atoms with Gasteiger partial charge in [0.2, 0.25) is 10.0 Å². The summed E-state index contributed by atoms with van der Waals surface area (Å²) in [6.45, 7) is 3.36. The van der Waals surface area contributed by atoms with E-state index in [1.165, 1.54) is 0 Å². The standard InChI is InChI=1S/C22H24ClN3O3S/c1-14(2)30(27,28)25-17-12-18-19(13-17)24-26(20-6-4-5-7-21(20)29-3)22(18)15-8-10-16(23)11-9-15/h4-11,14,17,25H,12-13H2,1-3H3. The van der Waals surface area contributed by atoms with Gasteiger partial charge in [0.1, 0.15) is 11.4 Å². The second kappa shape index (κ2) is 8.06. The molecule has 3 aromatic rings. The molecule has 0 aliphatic heterocycles. The minimum Gasteiger partial charge on any atom is -0.494 e. The van der Waals surface area contributed by atoms with E-state index >= 15 is 0 Å². The van der Waals surface area contributed by atoms with Crippen molar-refractivity contribution in [3.8, 4) is 22.7 Å². The van der Waals surface area contributed by atoms with Crippen LogP contribution in [0, 0.1) is 0 Å². The molecule has 0 spiro atoms. The van der Waals surface area contributed by atoms with Gasteiger partial charge in [-0.3, -0.25) is 0 Å². The summed E-state index contributed by atoms with van der Waals surface area (Å²) in [6, 6.07) is 15.1. The van der Waals surface area contributed by atoms with E-state index in [2.05, 4.69) is 4.72 Å². The highest BCUT2D eigenvalue weighted by Gasteiger charge is 2.33. The van der Waals surface area contributed by atoms with E-state index in [-0.39, 0.29) is 6.04 Å². The van der Waals surface area contributed by atoms with E-state index in [1.807, 2.05) is 53.2 Å². The molecule has 1 atom stereocenters. The summed E-state index contributed by atoms with van der Waals surface area (Å²) >= 11 is 6.10. The monoisotopic (exact) mass is 445 g/mol. The first-order valence-electron chi connectivity index (χ1n) is 9.81. The molecule has 0 bridgehead atoms. The van der Waals surface area contributed by atoms with Crippen molar-refractivity contribution in [3.05, 3.63) is 64.8 Å². The Hall–Kier alpha value is -2.35. The van der Waals surface area contributed by atoms with Gasteiger partial charge in [-0.2, -0.15) is 5.10 Å². The summed E-state index contributed by atoms with van der Waals surface area (Å²) in [7, 11) is -1.72. The Morgan fingerprint density at radius 3 is 2.50 bits per heavy atom. The van der Waals surface area contributed by atoms with Crippen LogP contribution in [0.25, 0.3) is 16.9 Å². The second-order valence-corrected chi connectivity index (χ2v) is 10.4. The smallest absolute Gasteiger partial charge is 0.214 e. The van der Waals surface area contributed by atoms with Gasteiger partial charge in [-0.15, -0.1) is 0 Å². The van der Waals surface area contributed by atoms with Crippen LogP contribution in [-0.2, 0) is 22.9 Å². The molecule has 30 heavy (non-hydrogen) atoms. The van der Waals surface area contributed by atoms with E-state index < -0.39 is 15.3 Å². The molecule has 1 heterocycles. The van der Waals surface area contributed by atoms with Crippen molar-refractivity contribution < 1.29 is 13.2 Å². The maximum absolute atomic E-state index is 12.4. The lowest BCUT2D eigenvalue weighted by Gasteiger charge is -2.17. The highest BCUT2D eigenvalue weighted by Crippen LogP contribution is 2.37. The van der Waals surface area contributed by atoms with Crippen LogP contribution in [-0.4, -0.2) is 36.6 Å². The van der Waals surface area contributed by atoms with E-state index in [0.717, 1.165) is 28.2 Å². The molecule has 1 aromatic heterocycles. The molecular formula is C22H24ClN3O3S. The number of ether oxygens (including phenoxy) is 1. The Morgan fingerprint density at radius 2 is 1.83 bits per heavy atom. The fourth-order valence-corrected chi connectivity index (χ4v) is 4.79. The third-order valence-corrected chi connectivity index (χ3v) is 7.49. The van der Waals surface area contributed by atoms with Gasteiger partial charge in [-0.1, -0.05) is 35.9 Å².